The monoisotopic (exact) mass is 281 g/mol. The molecule has 1 aromatic rings. The van der Waals surface area contributed by atoms with Crippen LogP contribution >= 0.6 is 11.6 Å². The van der Waals surface area contributed by atoms with Crippen molar-refractivity contribution in [2.75, 3.05) is 44.3 Å². The SMILES string of the molecule is CC1CN(c2cc(Cl)ccn2)CC1N1CCOCC1. The third-order valence-electron chi connectivity index (χ3n) is 4.12. The molecule has 0 spiro atoms. The first-order valence-electron chi connectivity index (χ1n) is 6.92. The van der Waals surface area contributed by atoms with Gasteiger partial charge in [-0.1, -0.05) is 18.5 Å². The van der Waals surface area contributed by atoms with E-state index < -0.39 is 0 Å². The molecule has 3 rings (SSSR count). The maximum Gasteiger partial charge on any atom is 0.130 e. The van der Waals surface area contributed by atoms with E-state index in [9.17, 15) is 0 Å². The van der Waals surface area contributed by atoms with Gasteiger partial charge in [0.05, 0.1) is 13.2 Å². The van der Waals surface area contributed by atoms with Gasteiger partial charge in [-0.15, -0.1) is 0 Å². The summed E-state index contributed by atoms with van der Waals surface area (Å²) in [6, 6.07) is 4.38. The van der Waals surface area contributed by atoms with Gasteiger partial charge >= 0.3 is 0 Å². The normalized spacial score (nSPS) is 28.8. The van der Waals surface area contributed by atoms with E-state index in [-0.39, 0.29) is 0 Å². The summed E-state index contributed by atoms with van der Waals surface area (Å²) in [5.41, 5.74) is 0. The fourth-order valence-corrected chi connectivity index (χ4v) is 3.24. The van der Waals surface area contributed by atoms with Crippen LogP contribution in [0, 0.1) is 5.92 Å². The Labute approximate surface area is 119 Å². The number of aromatic nitrogens is 1. The van der Waals surface area contributed by atoms with E-state index in [2.05, 4.69) is 21.7 Å². The number of rotatable bonds is 2. The van der Waals surface area contributed by atoms with Crippen LogP contribution in [0.1, 0.15) is 6.92 Å². The Bertz CT molecular complexity index is 436. The molecule has 5 heteroatoms. The molecule has 0 amide bonds. The number of anilines is 1. The van der Waals surface area contributed by atoms with Crippen LogP contribution in [0.3, 0.4) is 0 Å². The Morgan fingerprint density at radius 2 is 2.11 bits per heavy atom. The maximum absolute atomic E-state index is 6.05. The molecular weight excluding hydrogens is 262 g/mol. The Morgan fingerprint density at radius 3 is 2.84 bits per heavy atom. The van der Waals surface area contributed by atoms with Gasteiger partial charge in [-0.05, 0) is 18.1 Å². The molecule has 0 bridgehead atoms. The van der Waals surface area contributed by atoms with Gasteiger partial charge in [0.25, 0.3) is 0 Å². The number of nitrogens with zero attached hydrogens (tertiary/aromatic N) is 3. The first-order valence-corrected chi connectivity index (χ1v) is 7.30. The first-order chi connectivity index (χ1) is 9.24. The number of hydrogen-bond acceptors (Lipinski definition) is 4. The van der Waals surface area contributed by atoms with E-state index in [1.165, 1.54) is 0 Å². The highest BCUT2D eigenvalue weighted by Gasteiger charge is 2.35. The predicted molar refractivity (Wildman–Crippen MR) is 76.8 cm³/mol. The Hall–Kier alpha value is -0.840. The molecule has 2 saturated heterocycles. The van der Waals surface area contributed by atoms with Crippen LogP contribution in [0.25, 0.3) is 0 Å². The summed E-state index contributed by atoms with van der Waals surface area (Å²) >= 11 is 6.05. The molecule has 0 N–H and O–H groups in total. The standard InChI is InChI=1S/C14H20ClN3O/c1-11-9-18(14-8-12(15)2-3-16-14)10-13(11)17-4-6-19-7-5-17/h2-3,8,11,13H,4-7,9-10H2,1H3. The quantitative estimate of drug-likeness (QED) is 0.828. The lowest BCUT2D eigenvalue weighted by Gasteiger charge is -2.34. The number of halogens is 1. The van der Waals surface area contributed by atoms with E-state index in [0.717, 1.165) is 50.2 Å². The topological polar surface area (TPSA) is 28.6 Å². The molecule has 0 aromatic carbocycles. The van der Waals surface area contributed by atoms with Crippen molar-refractivity contribution in [2.45, 2.75) is 13.0 Å². The van der Waals surface area contributed by atoms with Gasteiger partial charge in [0.15, 0.2) is 0 Å². The minimum Gasteiger partial charge on any atom is -0.379 e. The van der Waals surface area contributed by atoms with E-state index in [4.69, 9.17) is 16.3 Å². The third-order valence-corrected chi connectivity index (χ3v) is 4.35. The zero-order chi connectivity index (χ0) is 13.2. The number of hydrogen-bond donors (Lipinski definition) is 0. The Balaban J connectivity index is 1.70. The molecule has 1 aromatic heterocycles. The van der Waals surface area contributed by atoms with Gasteiger partial charge in [-0.3, -0.25) is 4.90 Å². The highest BCUT2D eigenvalue weighted by Crippen LogP contribution is 2.27. The van der Waals surface area contributed by atoms with E-state index in [0.29, 0.717) is 12.0 Å². The molecule has 104 valence electrons. The van der Waals surface area contributed by atoms with Crippen LogP contribution in [0.15, 0.2) is 18.3 Å². The van der Waals surface area contributed by atoms with Crippen LogP contribution in [0.2, 0.25) is 5.02 Å². The lowest BCUT2D eigenvalue weighted by atomic mass is 10.0. The summed E-state index contributed by atoms with van der Waals surface area (Å²) < 4.78 is 5.44. The molecule has 2 fully saturated rings. The van der Waals surface area contributed by atoms with Crippen LogP contribution in [0.5, 0.6) is 0 Å². The summed E-state index contributed by atoms with van der Waals surface area (Å²) in [6.07, 6.45) is 1.78. The summed E-state index contributed by atoms with van der Waals surface area (Å²) in [6.45, 7) is 8.23. The van der Waals surface area contributed by atoms with Crippen molar-refractivity contribution in [3.05, 3.63) is 23.4 Å². The second-order valence-corrected chi connectivity index (χ2v) is 5.87. The van der Waals surface area contributed by atoms with Gasteiger partial charge in [-0.25, -0.2) is 4.98 Å². The lowest BCUT2D eigenvalue weighted by Crippen LogP contribution is -2.46. The summed E-state index contributed by atoms with van der Waals surface area (Å²) in [5.74, 6) is 1.65. The number of pyridine rings is 1. The summed E-state index contributed by atoms with van der Waals surface area (Å²) in [7, 11) is 0. The average Bonchev–Trinajstić information content (AvgIpc) is 2.82. The van der Waals surface area contributed by atoms with Crippen LogP contribution in [-0.2, 0) is 4.74 Å². The van der Waals surface area contributed by atoms with Gasteiger partial charge in [0, 0.05) is 43.4 Å². The van der Waals surface area contributed by atoms with Crippen molar-refractivity contribution in [2.24, 2.45) is 5.92 Å². The minimum atomic E-state index is 0.602. The Morgan fingerprint density at radius 1 is 1.32 bits per heavy atom. The highest BCUT2D eigenvalue weighted by molar-refractivity contribution is 6.30. The van der Waals surface area contributed by atoms with Crippen molar-refractivity contribution in [1.82, 2.24) is 9.88 Å². The van der Waals surface area contributed by atoms with Crippen molar-refractivity contribution in [3.8, 4) is 0 Å². The maximum atomic E-state index is 6.05. The smallest absolute Gasteiger partial charge is 0.130 e. The fourth-order valence-electron chi connectivity index (χ4n) is 3.09. The first kappa shape index (κ1) is 13.2. The summed E-state index contributed by atoms with van der Waals surface area (Å²) in [5, 5.41) is 0.757. The molecule has 19 heavy (non-hydrogen) atoms. The minimum absolute atomic E-state index is 0.602. The summed E-state index contributed by atoms with van der Waals surface area (Å²) in [4.78, 5) is 9.33. The largest absolute Gasteiger partial charge is 0.379 e. The second-order valence-electron chi connectivity index (χ2n) is 5.43. The number of morpholine rings is 1. The van der Waals surface area contributed by atoms with Crippen molar-refractivity contribution in [1.29, 1.82) is 0 Å². The molecule has 2 aliphatic heterocycles. The van der Waals surface area contributed by atoms with Crippen LogP contribution in [-0.4, -0.2) is 55.3 Å². The zero-order valence-corrected chi connectivity index (χ0v) is 12.0. The highest BCUT2D eigenvalue weighted by atomic mass is 35.5. The zero-order valence-electron chi connectivity index (χ0n) is 11.3. The van der Waals surface area contributed by atoms with Gasteiger partial charge < -0.3 is 9.64 Å². The number of ether oxygens (including phenoxy) is 1. The van der Waals surface area contributed by atoms with E-state index in [1.54, 1.807) is 6.20 Å². The van der Waals surface area contributed by atoms with Gasteiger partial charge in [0.1, 0.15) is 5.82 Å². The predicted octanol–water partition coefficient (Wildman–Crippen LogP) is 1.89. The second kappa shape index (κ2) is 5.65. The van der Waals surface area contributed by atoms with Crippen molar-refractivity contribution < 1.29 is 4.74 Å². The molecule has 4 nitrogen and oxygen atoms in total. The van der Waals surface area contributed by atoms with E-state index in [1.807, 2.05) is 12.1 Å². The third kappa shape index (κ3) is 2.86. The molecule has 0 radical (unpaired) electrons. The van der Waals surface area contributed by atoms with Gasteiger partial charge in [0.2, 0.25) is 0 Å². The molecular formula is C14H20ClN3O. The Kier molecular flexibility index (Phi) is 3.91. The van der Waals surface area contributed by atoms with Crippen LogP contribution in [0.4, 0.5) is 5.82 Å². The molecule has 2 atom stereocenters. The molecule has 0 aliphatic carbocycles. The molecule has 0 saturated carbocycles. The average molecular weight is 282 g/mol. The van der Waals surface area contributed by atoms with Gasteiger partial charge in [-0.2, -0.15) is 0 Å². The molecule has 3 heterocycles. The molecule has 2 unspecified atom stereocenters. The van der Waals surface area contributed by atoms with Crippen LogP contribution < -0.4 is 4.90 Å². The van der Waals surface area contributed by atoms with Crippen molar-refractivity contribution in [3.63, 3.8) is 0 Å². The fraction of sp³-hybridized carbons (Fsp3) is 0.643. The molecule has 2 aliphatic rings. The lowest BCUT2D eigenvalue weighted by molar-refractivity contribution is 0.0134. The van der Waals surface area contributed by atoms with Crippen molar-refractivity contribution >= 4 is 17.4 Å². The van der Waals surface area contributed by atoms with E-state index >= 15 is 0 Å².